The number of aliphatic imine (C=N–C) groups is 1. The van der Waals surface area contributed by atoms with Crippen LogP contribution in [0.2, 0.25) is 0 Å². The summed E-state index contributed by atoms with van der Waals surface area (Å²) in [5.41, 5.74) is 6.53. The van der Waals surface area contributed by atoms with Gasteiger partial charge in [-0.1, -0.05) is 12.1 Å². The SMILES string of the molecule is CC1=NCC(NC(N)=O)(c2cc(CN3CCNCC3)ccc2F)C=C1. The van der Waals surface area contributed by atoms with Gasteiger partial charge >= 0.3 is 6.03 Å². The van der Waals surface area contributed by atoms with Crippen molar-refractivity contribution < 1.29 is 9.18 Å². The number of hydrogen-bond donors (Lipinski definition) is 3. The van der Waals surface area contributed by atoms with Crippen LogP contribution in [-0.2, 0) is 12.1 Å². The summed E-state index contributed by atoms with van der Waals surface area (Å²) in [6, 6.07) is 4.36. The zero-order valence-electron chi connectivity index (χ0n) is 14.4. The first kappa shape index (κ1) is 17.6. The first-order valence-electron chi connectivity index (χ1n) is 8.48. The number of nitrogens with two attached hydrogens (primary N) is 1. The third-order valence-corrected chi connectivity index (χ3v) is 4.66. The number of allylic oxidation sites excluding steroid dienone is 1. The van der Waals surface area contributed by atoms with E-state index >= 15 is 0 Å². The summed E-state index contributed by atoms with van der Waals surface area (Å²) in [6.07, 6.45) is 3.55. The van der Waals surface area contributed by atoms with Gasteiger partial charge in [-0.2, -0.15) is 0 Å². The fourth-order valence-electron chi connectivity index (χ4n) is 3.30. The first-order valence-corrected chi connectivity index (χ1v) is 8.48. The lowest BCUT2D eigenvalue weighted by Crippen LogP contribution is -2.50. The lowest BCUT2D eigenvalue weighted by molar-refractivity contribution is 0.232. The lowest BCUT2D eigenvalue weighted by atomic mass is 9.86. The van der Waals surface area contributed by atoms with Crippen LogP contribution in [-0.4, -0.2) is 49.4 Å². The highest BCUT2D eigenvalue weighted by Gasteiger charge is 2.35. The molecule has 0 aliphatic carbocycles. The fourth-order valence-corrected chi connectivity index (χ4v) is 3.30. The maximum Gasteiger partial charge on any atom is 0.313 e. The van der Waals surface area contributed by atoms with Gasteiger partial charge in [-0.05, 0) is 30.7 Å². The number of benzene rings is 1. The number of hydrogen-bond acceptors (Lipinski definition) is 4. The fraction of sp³-hybridized carbons (Fsp3) is 0.444. The molecule has 1 saturated heterocycles. The molecule has 0 spiro atoms. The molecule has 3 rings (SSSR count). The largest absolute Gasteiger partial charge is 0.352 e. The Bertz CT molecular complexity index is 711. The molecule has 0 saturated carbocycles. The van der Waals surface area contributed by atoms with E-state index in [1.165, 1.54) is 6.07 Å². The number of dihydropyridines is 1. The van der Waals surface area contributed by atoms with Crippen LogP contribution in [0.25, 0.3) is 0 Å². The highest BCUT2D eigenvalue weighted by molar-refractivity contribution is 5.94. The maximum absolute atomic E-state index is 14.6. The van der Waals surface area contributed by atoms with Gasteiger partial charge in [-0.15, -0.1) is 0 Å². The number of urea groups is 1. The van der Waals surface area contributed by atoms with Gasteiger partial charge in [0.1, 0.15) is 11.4 Å². The second-order valence-electron chi connectivity index (χ2n) is 6.59. The Morgan fingerprint density at radius 3 is 2.84 bits per heavy atom. The molecule has 0 aromatic heterocycles. The number of rotatable bonds is 4. The number of nitrogens with one attached hydrogen (secondary N) is 2. The number of amides is 2. The van der Waals surface area contributed by atoms with E-state index in [-0.39, 0.29) is 12.4 Å². The van der Waals surface area contributed by atoms with Gasteiger partial charge in [0.2, 0.25) is 0 Å². The summed E-state index contributed by atoms with van der Waals surface area (Å²) in [7, 11) is 0. The molecule has 134 valence electrons. The van der Waals surface area contributed by atoms with Crippen LogP contribution in [0.3, 0.4) is 0 Å². The summed E-state index contributed by atoms with van der Waals surface area (Å²) >= 11 is 0. The van der Waals surface area contributed by atoms with Gasteiger partial charge < -0.3 is 16.4 Å². The van der Waals surface area contributed by atoms with Gasteiger partial charge in [0.05, 0.1) is 6.54 Å². The molecule has 2 heterocycles. The summed E-state index contributed by atoms with van der Waals surface area (Å²) in [6.45, 7) is 6.67. The average Bonchev–Trinajstić information content (AvgIpc) is 2.59. The Labute approximate surface area is 147 Å². The molecule has 1 aromatic rings. The molecule has 0 bridgehead atoms. The summed E-state index contributed by atoms with van der Waals surface area (Å²) in [4.78, 5) is 18.2. The van der Waals surface area contributed by atoms with Crippen molar-refractivity contribution in [2.45, 2.75) is 19.0 Å². The van der Waals surface area contributed by atoms with Gasteiger partial charge in [-0.25, -0.2) is 9.18 Å². The van der Waals surface area contributed by atoms with Gasteiger partial charge in [0, 0.05) is 44.0 Å². The highest BCUT2D eigenvalue weighted by atomic mass is 19.1. The first-order chi connectivity index (χ1) is 12.0. The predicted octanol–water partition coefficient (Wildman–Crippen LogP) is 1.13. The standard InChI is InChI=1S/C18H24FN5O/c1-13-4-5-18(12-22-13,23-17(20)25)15-10-14(2-3-16(15)19)11-24-8-6-21-7-9-24/h2-5,10,21H,6-9,11-12H2,1H3,(H3,20,23,25). The lowest BCUT2D eigenvalue weighted by Gasteiger charge is -2.33. The van der Waals surface area contributed by atoms with Gasteiger partial charge in [-0.3, -0.25) is 9.89 Å². The molecule has 7 heteroatoms. The van der Waals surface area contributed by atoms with E-state index in [1.54, 1.807) is 18.2 Å². The zero-order chi connectivity index (χ0) is 17.9. The van der Waals surface area contributed by atoms with E-state index in [2.05, 4.69) is 20.5 Å². The molecule has 25 heavy (non-hydrogen) atoms. The van der Waals surface area contributed by atoms with Gasteiger partial charge in [0.25, 0.3) is 0 Å². The van der Waals surface area contributed by atoms with Crippen LogP contribution in [0.15, 0.2) is 35.3 Å². The van der Waals surface area contributed by atoms with E-state index in [4.69, 9.17) is 5.73 Å². The summed E-state index contributed by atoms with van der Waals surface area (Å²) in [5, 5.41) is 6.00. The molecule has 2 aliphatic heterocycles. The Morgan fingerprint density at radius 2 is 2.20 bits per heavy atom. The van der Waals surface area contributed by atoms with Crippen LogP contribution in [0.5, 0.6) is 0 Å². The van der Waals surface area contributed by atoms with E-state index in [0.29, 0.717) is 5.56 Å². The normalized spacial score (nSPS) is 24.0. The monoisotopic (exact) mass is 345 g/mol. The minimum Gasteiger partial charge on any atom is -0.352 e. The van der Waals surface area contributed by atoms with Gasteiger partial charge in [0.15, 0.2) is 0 Å². The highest BCUT2D eigenvalue weighted by Crippen LogP contribution is 2.29. The zero-order valence-corrected chi connectivity index (χ0v) is 14.4. The third kappa shape index (κ3) is 4.05. The van der Waals surface area contributed by atoms with Crippen molar-refractivity contribution in [3.8, 4) is 0 Å². The van der Waals surface area contributed by atoms with E-state index in [1.807, 2.05) is 13.0 Å². The molecule has 2 aliphatic rings. The van der Waals surface area contributed by atoms with Crippen LogP contribution < -0.4 is 16.4 Å². The number of piperazine rings is 1. The van der Waals surface area contributed by atoms with E-state index in [0.717, 1.165) is 44.0 Å². The molecular formula is C18H24FN5O. The molecule has 0 radical (unpaired) electrons. The summed E-state index contributed by atoms with van der Waals surface area (Å²) < 4.78 is 14.6. The molecule has 1 fully saturated rings. The van der Waals surface area contributed by atoms with Crippen molar-refractivity contribution in [2.24, 2.45) is 10.7 Å². The Kier molecular flexibility index (Phi) is 5.15. The number of halogens is 1. The second kappa shape index (κ2) is 7.33. The number of primary amides is 1. The topological polar surface area (TPSA) is 82.7 Å². The Morgan fingerprint density at radius 1 is 1.44 bits per heavy atom. The van der Waals surface area contributed by atoms with Crippen LogP contribution in [0.4, 0.5) is 9.18 Å². The predicted molar refractivity (Wildman–Crippen MR) is 96.1 cm³/mol. The molecule has 1 unspecified atom stereocenters. The molecule has 1 atom stereocenters. The molecule has 1 aromatic carbocycles. The Hall–Kier alpha value is -2.25. The minimum atomic E-state index is -1.05. The molecular weight excluding hydrogens is 321 g/mol. The van der Waals surface area contributed by atoms with Crippen molar-refractivity contribution in [1.29, 1.82) is 0 Å². The second-order valence-corrected chi connectivity index (χ2v) is 6.59. The number of carbonyl (C=O) groups is 1. The van der Waals surface area contributed by atoms with E-state index < -0.39 is 11.6 Å². The average molecular weight is 345 g/mol. The van der Waals surface area contributed by atoms with Crippen LogP contribution in [0, 0.1) is 5.82 Å². The van der Waals surface area contributed by atoms with Crippen LogP contribution >= 0.6 is 0 Å². The maximum atomic E-state index is 14.6. The number of carbonyl (C=O) groups excluding carboxylic acids is 1. The van der Waals surface area contributed by atoms with Crippen molar-refractivity contribution in [3.63, 3.8) is 0 Å². The number of nitrogens with zero attached hydrogens (tertiary/aromatic N) is 2. The summed E-state index contributed by atoms with van der Waals surface area (Å²) in [5.74, 6) is -0.378. The Balaban J connectivity index is 1.91. The van der Waals surface area contributed by atoms with E-state index in [9.17, 15) is 9.18 Å². The minimum absolute atomic E-state index is 0.228. The quantitative estimate of drug-likeness (QED) is 0.765. The molecule has 6 nitrogen and oxygen atoms in total. The van der Waals surface area contributed by atoms with Crippen molar-refractivity contribution in [3.05, 3.63) is 47.3 Å². The molecule has 4 N–H and O–H groups in total. The smallest absolute Gasteiger partial charge is 0.313 e. The third-order valence-electron chi connectivity index (χ3n) is 4.66. The van der Waals surface area contributed by atoms with Crippen molar-refractivity contribution in [1.82, 2.24) is 15.5 Å². The molecule has 2 amide bonds. The van der Waals surface area contributed by atoms with Crippen molar-refractivity contribution >= 4 is 11.7 Å². The van der Waals surface area contributed by atoms with Crippen molar-refractivity contribution in [2.75, 3.05) is 32.7 Å². The van der Waals surface area contributed by atoms with Crippen LogP contribution in [0.1, 0.15) is 18.1 Å².